The summed E-state index contributed by atoms with van der Waals surface area (Å²) >= 11 is 0. The van der Waals surface area contributed by atoms with Gasteiger partial charge in [-0.25, -0.2) is 0 Å². The van der Waals surface area contributed by atoms with Crippen molar-refractivity contribution in [3.05, 3.63) is 59.9 Å². The maximum Gasteiger partial charge on any atom is 0.191 e. The molecular formula is C19H27IN4O. The number of ether oxygens (including phenoxy) is 1. The van der Waals surface area contributed by atoms with Crippen molar-refractivity contribution in [3.63, 3.8) is 0 Å². The van der Waals surface area contributed by atoms with E-state index >= 15 is 0 Å². The lowest BCUT2D eigenvalue weighted by molar-refractivity contribution is 0.322. The average molecular weight is 454 g/mol. The van der Waals surface area contributed by atoms with Gasteiger partial charge in [-0.05, 0) is 38.1 Å². The van der Waals surface area contributed by atoms with Crippen molar-refractivity contribution in [1.29, 1.82) is 0 Å². The molecule has 0 fully saturated rings. The molecule has 0 aliphatic heterocycles. The number of benzene rings is 1. The Bertz CT molecular complexity index is 617. The molecule has 0 aliphatic carbocycles. The molecule has 0 saturated heterocycles. The fourth-order valence-corrected chi connectivity index (χ4v) is 2.14. The number of hydrogen-bond acceptors (Lipinski definition) is 3. The summed E-state index contributed by atoms with van der Waals surface area (Å²) < 4.78 is 5.71. The van der Waals surface area contributed by atoms with Crippen molar-refractivity contribution in [1.82, 2.24) is 15.6 Å². The van der Waals surface area contributed by atoms with E-state index in [2.05, 4.69) is 34.5 Å². The Hall–Kier alpha value is -1.83. The van der Waals surface area contributed by atoms with Crippen LogP contribution in [0.1, 0.15) is 18.2 Å². The lowest BCUT2D eigenvalue weighted by Crippen LogP contribution is -2.39. The van der Waals surface area contributed by atoms with E-state index < -0.39 is 0 Å². The molecule has 0 amide bonds. The zero-order valence-corrected chi connectivity index (χ0v) is 17.2. The van der Waals surface area contributed by atoms with Crippen LogP contribution < -0.4 is 15.4 Å². The van der Waals surface area contributed by atoms with Gasteiger partial charge in [-0.1, -0.05) is 23.8 Å². The van der Waals surface area contributed by atoms with Crippen LogP contribution in [0.3, 0.4) is 0 Å². The number of aromatic nitrogens is 1. The third-order valence-electron chi connectivity index (χ3n) is 3.39. The van der Waals surface area contributed by atoms with E-state index in [0.717, 1.165) is 30.4 Å². The Morgan fingerprint density at radius 1 is 1.12 bits per heavy atom. The number of rotatable bonds is 8. The summed E-state index contributed by atoms with van der Waals surface area (Å²) in [6.45, 7) is 6.94. The van der Waals surface area contributed by atoms with E-state index in [1.807, 2.05) is 48.7 Å². The number of nitrogens with zero attached hydrogens (tertiary/aromatic N) is 2. The molecule has 0 saturated carbocycles. The first kappa shape index (κ1) is 21.2. The smallest absolute Gasteiger partial charge is 0.191 e. The summed E-state index contributed by atoms with van der Waals surface area (Å²) in [4.78, 5) is 8.87. The van der Waals surface area contributed by atoms with Crippen LogP contribution in [-0.2, 0) is 6.42 Å². The molecule has 1 aromatic heterocycles. The van der Waals surface area contributed by atoms with Crippen molar-refractivity contribution < 1.29 is 4.74 Å². The Balaban J connectivity index is 0.00000312. The zero-order valence-electron chi connectivity index (χ0n) is 14.9. The molecule has 0 spiro atoms. The molecule has 0 aliphatic rings. The average Bonchev–Trinajstić information content (AvgIpc) is 2.61. The molecule has 6 heteroatoms. The highest BCUT2D eigenvalue weighted by molar-refractivity contribution is 14.0. The minimum atomic E-state index is 0. The van der Waals surface area contributed by atoms with Gasteiger partial charge in [-0.2, -0.15) is 0 Å². The fraction of sp³-hybridized carbons (Fsp3) is 0.368. The third-order valence-corrected chi connectivity index (χ3v) is 3.39. The number of halogens is 1. The molecule has 0 atom stereocenters. The van der Waals surface area contributed by atoms with Gasteiger partial charge < -0.3 is 15.4 Å². The van der Waals surface area contributed by atoms with Gasteiger partial charge >= 0.3 is 0 Å². The van der Waals surface area contributed by atoms with Crippen molar-refractivity contribution in [3.8, 4) is 5.75 Å². The van der Waals surface area contributed by atoms with Crippen LogP contribution in [-0.4, -0.2) is 37.2 Å². The van der Waals surface area contributed by atoms with E-state index in [0.29, 0.717) is 19.7 Å². The molecule has 1 heterocycles. The van der Waals surface area contributed by atoms with Crippen LogP contribution in [0.25, 0.3) is 0 Å². The molecule has 0 bridgehead atoms. The number of guanidine groups is 1. The minimum absolute atomic E-state index is 0. The van der Waals surface area contributed by atoms with Gasteiger partial charge in [0.15, 0.2) is 5.96 Å². The van der Waals surface area contributed by atoms with Crippen LogP contribution in [0, 0.1) is 6.92 Å². The predicted molar refractivity (Wildman–Crippen MR) is 114 cm³/mol. The van der Waals surface area contributed by atoms with Crippen molar-refractivity contribution in [2.45, 2.75) is 20.3 Å². The summed E-state index contributed by atoms with van der Waals surface area (Å²) in [6.07, 6.45) is 2.64. The molecule has 0 unspecified atom stereocenters. The third kappa shape index (κ3) is 8.72. The van der Waals surface area contributed by atoms with Gasteiger partial charge in [-0.15, -0.1) is 24.0 Å². The number of aryl methyl sites for hydroxylation is 1. The monoisotopic (exact) mass is 454 g/mol. The standard InChI is InChI=1S/C19H26N4O.HI/c1-3-20-19(22-13-11-17-6-4-5-12-21-17)23-14-15-24-18-9-7-16(2)8-10-18;/h4-10,12H,3,11,13-15H2,1-2H3,(H2,20,22,23);1H. The highest BCUT2D eigenvalue weighted by Gasteiger charge is 1.98. The maximum absolute atomic E-state index is 5.71. The second kappa shape index (κ2) is 12.5. The first-order valence-corrected chi connectivity index (χ1v) is 8.39. The molecule has 0 radical (unpaired) electrons. The topological polar surface area (TPSA) is 58.5 Å². The molecule has 25 heavy (non-hydrogen) atoms. The summed E-state index contributed by atoms with van der Waals surface area (Å²) in [7, 11) is 0. The van der Waals surface area contributed by atoms with Gasteiger partial charge in [0.1, 0.15) is 12.4 Å². The van der Waals surface area contributed by atoms with Gasteiger partial charge in [0.25, 0.3) is 0 Å². The molecule has 2 N–H and O–H groups in total. The number of pyridine rings is 1. The van der Waals surface area contributed by atoms with Crippen LogP contribution in [0.4, 0.5) is 0 Å². The zero-order chi connectivity index (χ0) is 17.0. The summed E-state index contributed by atoms with van der Waals surface area (Å²) in [6, 6.07) is 14.0. The summed E-state index contributed by atoms with van der Waals surface area (Å²) in [5.41, 5.74) is 2.29. The number of nitrogens with one attached hydrogen (secondary N) is 2. The summed E-state index contributed by atoms with van der Waals surface area (Å²) in [5.74, 6) is 1.69. The lowest BCUT2D eigenvalue weighted by atomic mass is 10.2. The first-order valence-electron chi connectivity index (χ1n) is 8.39. The minimum Gasteiger partial charge on any atom is -0.492 e. The number of aliphatic imine (C=N–C) groups is 1. The van der Waals surface area contributed by atoms with Crippen LogP contribution in [0.15, 0.2) is 53.7 Å². The van der Waals surface area contributed by atoms with E-state index in [1.54, 1.807) is 0 Å². The first-order chi connectivity index (χ1) is 11.8. The van der Waals surface area contributed by atoms with Gasteiger partial charge in [0.2, 0.25) is 0 Å². The van der Waals surface area contributed by atoms with Gasteiger partial charge in [0, 0.05) is 31.4 Å². The highest BCUT2D eigenvalue weighted by atomic mass is 127. The molecule has 1 aromatic carbocycles. The largest absolute Gasteiger partial charge is 0.492 e. The van der Waals surface area contributed by atoms with E-state index in [1.165, 1.54) is 5.56 Å². The fourth-order valence-electron chi connectivity index (χ4n) is 2.14. The molecule has 2 aromatic rings. The van der Waals surface area contributed by atoms with E-state index in [9.17, 15) is 0 Å². The predicted octanol–water partition coefficient (Wildman–Crippen LogP) is 3.18. The van der Waals surface area contributed by atoms with Crippen LogP contribution >= 0.6 is 24.0 Å². The van der Waals surface area contributed by atoms with Crippen molar-refractivity contribution >= 4 is 29.9 Å². The second-order valence-electron chi connectivity index (χ2n) is 5.42. The number of hydrogen-bond donors (Lipinski definition) is 2. The Morgan fingerprint density at radius 3 is 2.60 bits per heavy atom. The van der Waals surface area contributed by atoms with Gasteiger partial charge in [-0.3, -0.25) is 9.98 Å². The Labute approximate surface area is 167 Å². The quantitative estimate of drug-likeness (QED) is 0.279. The molecule has 136 valence electrons. The van der Waals surface area contributed by atoms with E-state index in [-0.39, 0.29) is 24.0 Å². The Morgan fingerprint density at radius 2 is 1.92 bits per heavy atom. The molecular weight excluding hydrogens is 427 g/mol. The van der Waals surface area contributed by atoms with Crippen LogP contribution in [0.2, 0.25) is 0 Å². The van der Waals surface area contributed by atoms with Crippen molar-refractivity contribution in [2.24, 2.45) is 4.99 Å². The Kier molecular flexibility index (Phi) is 10.6. The summed E-state index contributed by atoms with van der Waals surface area (Å²) in [5, 5.41) is 6.52. The van der Waals surface area contributed by atoms with Crippen molar-refractivity contribution in [2.75, 3.05) is 26.2 Å². The SMILES string of the molecule is CCNC(=NCCc1ccccn1)NCCOc1ccc(C)cc1.I. The molecule has 2 rings (SSSR count). The highest BCUT2D eigenvalue weighted by Crippen LogP contribution is 2.10. The van der Waals surface area contributed by atoms with E-state index in [4.69, 9.17) is 4.74 Å². The van der Waals surface area contributed by atoms with Gasteiger partial charge in [0.05, 0.1) is 6.54 Å². The second-order valence-corrected chi connectivity index (χ2v) is 5.42. The lowest BCUT2D eigenvalue weighted by Gasteiger charge is -2.12. The molecule has 5 nitrogen and oxygen atoms in total. The normalized spacial score (nSPS) is 10.7. The maximum atomic E-state index is 5.71. The van der Waals surface area contributed by atoms with Crippen LogP contribution in [0.5, 0.6) is 5.75 Å².